The highest BCUT2D eigenvalue weighted by molar-refractivity contribution is 7.99. The van der Waals surface area contributed by atoms with Crippen LogP contribution in [0.15, 0.2) is 41.6 Å². The van der Waals surface area contributed by atoms with E-state index in [4.69, 9.17) is 0 Å². The van der Waals surface area contributed by atoms with Gasteiger partial charge < -0.3 is 4.90 Å². The van der Waals surface area contributed by atoms with E-state index in [9.17, 15) is 13.2 Å². The smallest absolute Gasteiger partial charge is 0.301 e. The van der Waals surface area contributed by atoms with Gasteiger partial charge in [-0.05, 0) is 12.5 Å². The number of rotatable bonds is 5. The fourth-order valence-electron chi connectivity index (χ4n) is 1.57. The van der Waals surface area contributed by atoms with Crippen LogP contribution >= 0.6 is 11.8 Å². The molecule has 0 bridgehead atoms. The maximum atomic E-state index is 12.6. The van der Waals surface area contributed by atoms with Gasteiger partial charge in [0.05, 0.1) is 0 Å². The molecule has 0 aromatic carbocycles. The molecule has 0 fully saturated rings. The summed E-state index contributed by atoms with van der Waals surface area (Å²) in [5, 5.41) is 0.463. The van der Waals surface area contributed by atoms with Crippen molar-refractivity contribution < 1.29 is 13.2 Å². The molecule has 19 heavy (non-hydrogen) atoms. The van der Waals surface area contributed by atoms with Crippen LogP contribution in [0.1, 0.15) is 12.8 Å². The summed E-state index contributed by atoms with van der Waals surface area (Å²) in [6.45, 7) is 0.867. The van der Waals surface area contributed by atoms with Crippen LogP contribution < -0.4 is 4.90 Å². The molecule has 1 aromatic heterocycles. The molecule has 0 atom stereocenters. The van der Waals surface area contributed by atoms with E-state index in [1.807, 2.05) is 17.2 Å². The highest BCUT2D eigenvalue weighted by atomic mass is 32.2. The van der Waals surface area contributed by atoms with Crippen LogP contribution in [0.25, 0.3) is 0 Å². The molecule has 1 aliphatic heterocycles. The van der Waals surface area contributed by atoms with Crippen LogP contribution in [-0.2, 0) is 0 Å². The Labute approximate surface area is 113 Å². The second-order valence-electron chi connectivity index (χ2n) is 3.83. The number of aromatic nitrogens is 2. The van der Waals surface area contributed by atoms with E-state index < -0.39 is 11.9 Å². The van der Waals surface area contributed by atoms with E-state index >= 15 is 0 Å². The van der Waals surface area contributed by atoms with Gasteiger partial charge in [-0.1, -0.05) is 17.8 Å². The fraction of sp³-hybridized carbons (Fsp3) is 0.333. The molecule has 0 saturated carbocycles. The third kappa shape index (κ3) is 3.99. The number of hydrogen-bond acceptors (Lipinski definition) is 4. The second-order valence-corrected chi connectivity index (χ2v) is 4.89. The second kappa shape index (κ2) is 6.60. The molecule has 0 aliphatic carbocycles. The monoisotopic (exact) mass is 287 g/mol. The molecule has 102 valence electrons. The van der Waals surface area contributed by atoms with E-state index in [0.717, 1.165) is 30.5 Å². The number of thioether (sulfide) groups is 1. The lowest BCUT2D eigenvalue weighted by Crippen LogP contribution is -2.14. The number of nitrogens with zero attached hydrogens (tertiary/aromatic N) is 3. The van der Waals surface area contributed by atoms with Gasteiger partial charge in [0, 0.05) is 31.1 Å². The first-order valence-corrected chi connectivity index (χ1v) is 6.74. The molecule has 7 heteroatoms. The van der Waals surface area contributed by atoms with Gasteiger partial charge in [0.1, 0.15) is 5.82 Å². The third-order valence-corrected chi connectivity index (χ3v) is 3.36. The molecule has 0 unspecified atom stereocenters. The summed E-state index contributed by atoms with van der Waals surface area (Å²) in [4.78, 5) is 10.3. The van der Waals surface area contributed by atoms with Crippen molar-refractivity contribution in [2.24, 2.45) is 0 Å². The number of halogens is 3. The van der Waals surface area contributed by atoms with Crippen LogP contribution in [0, 0.1) is 0 Å². The summed E-state index contributed by atoms with van der Waals surface area (Å²) in [6.07, 6.45) is 4.00. The molecule has 1 aliphatic rings. The van der Waals surface area contributed by atoms with Crippen molar-refractivity contribution >= 4 is 17.6 Å². The molecule has 2 rings (SSSR count). The Balaban J connectivity index is 1.92. The predicted molar refractivity (Wildman–Crippen MR) is 68.8 cm³/mol. The molecule has 0 spiro atoms. The Morgan fingerprint density at radius 1 is 1.37 bits per heavy atom. The minimum absolute atomic E-state index is 0.183. The molecule has 2 heterocycles. The predicted octanol–water partition coefficient (Wildman–Crippen LogP) is 3.76. The number of anilines is 1. The van der Waals surface area contributed by atoms with E-state index in [1.165, 1.54) is 0 Å². The van der Waals surface area contributed by atoms with Crippen molar-refractivity contribution in [1.29, 1.82) is 0 Å². The molecule has 0 saturated heterocycles. The van der Waals surface area contributed by atoms with E-state index in [2.05, 4.69) is 9.97 Å². The van der Waals surface area contributed by atoms with Crippen LogP contribution in [-0.4, -0.2) is 22.3 Å². The van der Waals surface area contributed by atoms with Crippen molar-refractivity contribution in [3.05, 3.63) is 36.4 Å². The molecular weight excluding hydrogens is 275 g/mol. The normalized spacial score (nSPS) is 13.9. The largest absolute Gasteiger partial charge is 0.333 e. The van der Waals surface area contributed by atoms with Crippen molar-refractivity contribution in [2.45, 2.75) is 18.0 Å². The first-order valence-electron chi connectivity index (χ1n) is 5.75. The molecule has 0 amide bonds. The summed E-state index contributed by atoms with van der Waals surface area (Å²) in [5.74, 6) is -0.423. The summed E-state index contributed by atoms with van der Waals surface area (Å²) in [7, 11) is 0. The average Bonchev–Trinajstić information content (AvgIpc) is 2.93. The molecule has 0 radical (unpaired) electrons. The van der Waals surface area contributed by atoms with Gasteiger partial charge in [0.25, 0.3) is 0 Å². The minimum Gasteiger partial charge on any atom is -0.333 e. The Kier molecular flexibility index (Phi) is 4.84. The maximum absolute atomic E-state index is 12.6. The zero-order valence-electron chi connectivity index (χ0n) is 10.0. The van der Waals surface area contributed by atoms with Crippen LogP contribution in [0.4, 0.5) is 19.0 Å². The molecular formula is C12H12F3N3S. The Morgan fingerprint density at radius 2 is 2.21 bits per heavy atom. The molecule has 1 aromatic rings. The van der Waals surface area contributed by atoms with Gasteiger partial charge in [0.15, 0.2) is 11.0 Å². The highest BCUT2D eigenvalue weighted by Gasteiger charge is 2.10. The summed E-state index contributed by atoms with van der Waals surface area (Å²) < 4.78 is 36.4. The maximum Gasteiger partial charge on any atom is 0.301 e. The van der Waals surface area contributed by atoms with Gasteiger partial charge in [0.2, 0.25) is 0 Å². The quantitative estimate of drug-likeness (QED) is 0.609. The first-order chi connectivity index (χ1) is 9.16. The van der Waals surface area contributed by atoms with Crippen LogP contribution in [0.2, 0.25) is 0 Å². The van der Waals surface area contributed by atoms with E-state index in [-0.39, 0.29) is 12.2 Å². The zero-order chi connectivity index (χ0) is 13.7. The van der Waals surface area contributed by atoms with Gasteiger partial charge in [-0.25, -0.2) is 14.4 Å². The zero-order valence-corrected chi connectivity index (χ0v) is 10.8. The minimum atomic E-state index is -2.25. The standard InChI is InChI=1S/C12H12F3N3S/c13-9(11(14)15)4-8-19-12-16-5-3-10(17-12)18-6-1-2-7-18/h1,3,5-6H,2,4,7-8H2. The van der Waals surface area contributed by atoms with Gasteiger partial charge >= 0.3 is 6.08 Å². The molecule has 3 nitrogen and oxygen atoms in total. The topological polar surface area (TPSA) is 29.0 Å². The Hall–Kier alpha value is -1.50. The number of hydrogen-bond donors (Lipinski definition) is 0. The van der Waals surface area contributed by atoms with E-state index in [1.54, 1.807) is 12.3 Å². The lowest BCUT2D eigenvalue weighted by Gasteiger charge is -2.14. The Bertz CT molecular complexity index is 501. The summed E-state index contributed by atoms with van der Waals surface area (Å²) in [5.41, 5.74) is 0. The highest BCUT2D eigenvalue weighted by Crippen LogP contribution is 2.22. The van der Waals surface area contributed by atoms with Crippen LogP contribution in [0.5, 0.6) is 0 Å². The van der Waals surface area contributed by atoms with E-state index in [0.29, 0.717) is 5.16 Å². The Morgan fingerprint density at radius 3 is 2.89 bits per heavy atom. The summed E-state index contributed by atoms with van der Waals surface area (Å²) >= 11 is 1.16. The first kappa shape index (κ1) is 13.9. The lowest BCUT2D eigenvalue weighted by atomic mass is 10.4. The van der Waals surface area contributed by atoms with Crippen molar-refractivity contribution in [2.75, 3.05) is 17.2 Å². The summed E-state index contributed by atoms with van der Waals surface area (Å²) in [6, 6.07) is 1.78. The number of allylic oxidation sites excluding steroid dienone is 1. The van der Waals surface area contributed by atoms with Crippen molar-refractivity contribution in [3.8, 4) is 0 Å². The molecule has 0 N–H and O–H groups in total. The van der Waals surface area contributed by atoms with Crippen molar-refractivity contribution in [1.82, 2.24) is 9.97 Å². The van der Waals surface area contributed by atoms with Crippen LogP contribution in [0.3, 0.4) is 0 Å². The SMILES string of the molecule is FC(F)=C(F)CCSc1nccc(N2C=CCC2)n1. The average molecular weight is 287 g/mol. The van der Waals surface area contributed by atoms with Gasteiger partial charge in [-0.15, -0.1) is 0 Å². The third-order valence-electron chi connectivity index (χ3n) is 2.49. The fourth-order valence-corrected chi connectivity index (χ4v) is 2.33. The van der Waals surface area contributed by atoms with Crippen molar-refractivity contribution in [3.63, 3.8) is 0 Å². The van der Waals surface area contributed by atoms with Gasteiger partial charge in [-0.3, -0.25) is 0 Å². The lowest BCUT2D eigenvalue weighted by molar-refractivity contribution is 0.373. The van der Waals surface area contributed by atoms with Gasteiger partial charge in [-0.2, -0.15) is 8.78 Å².